The average molecular weight is 367 g/mol. The summed E-state index contributed by atoms with van der Waals surface area (Å²) in [5, 5.41) is 2.99. The highest BCUT2D eigenvalue weighted by atomic mass is 32.2. The van der Waals surface area contributed by atoms with Gasteiger partial charge in [0.25, 0.3) is 5.91 Å². The zero-order valence-corrected chi connectivity index (χ0v) is 16.5. The minimum absolute atomic E-state index is 0.107. The van der Waals surface area contributed by atoms with E-state index >= 15 is 0 Å². The molecule has 140 valence electrons. The molecule has 1 aromatic rings. The minimum Gasteiger partial charge on any atom is -0.349 e. The average Bonchev–Trinajstić information content (AvgIpc) is 2.60. The molecule has 1 aliphatic heterocycles. The second-order valence-corrected chi connectivity index (χ2v) is 8.99. The Morgan fingerprint density at radius 2 is 1.84 bits per heavy atom. The smallest absolute Gasteiger partial charge is 0.251 e. The summed E-state index contributed by atoms with van der Waals surface area (Å²) in [6, 6.07) is 4.97. The molecule has 1 heterocycles. The van der Waals surface area contributed by atoms with Gasteiger partial charge in [0.15, 0.2) is 0 Å². The fourth-order valence-electron chi connectivity index (χ4n) is 3.14. The second-order valence-electron chi connectivity index (χ2n) is 7.05. The number of sulfonamides is 1. The van der Waals surface area contributed by atoms with E-state index in [1.54, 1.807) is 16.4 Å². The zero-order valence-electron chi connectivity index (χ0n) is 15.7. The number of nitrogens with zero attached hydrogens (tertiary/aromatic N) is 1. The Morgan fingerprint density at radius 3 is 2.40 bits per heavy atom. The molecule has 1 amide bonds. The maximum Gasteiger partial charge on any atom is 0.251 e. The van der Waals surface area contributed by atoms with Gasteiger partial charge in [-0.25, -0.2) is 8.42 Å². The van der Waals surface area contributed by atoms with Crippen molar-refractivity contribution in [1.29, 1.82) is 0 Å². The van der Waals surface area contributed by atoms with Gasteiger partial charge in [-0.2, -0.15) is 4.31 Å². The molecule has 1 aromatic carbocycles. The minimum atomic E-state index is -3.54. The first kappa shape index (κ1) is 19.9. The van der Waals surface area contributed by atoms with E-state index in [0.717, 1.165) is 31.2 Å². The number of hydrogen-bond donors (Lipinski definition) is 1. The summed E-state index contributed by atoms with van der Waals surface area (Å²) < 4.78 is 27.4. The van der Waals surface area contributed by atoms with Crippen LogP contribution in [0.1, 0.15) is 62.4 Å². The van der Waals surface area contributed by atoms with Crippen molar-refractivity contribution in [2.24, 2.45) is 5.92 Å². The van der Waals surface area contributed by atoms with Crippen molar-refractivity contribution < 1.29 is 13.2 Å². The summed E-state index contributed by atoms with van der Waals surface area (Å²) in [4.78, 5) is 12.8. The summed E-state index contributed by atoms with van der Waals surface area (Å²) >= 11 is 0. The molecular weight excluding hydrogens is 336 g/mol. The molecule has 1 N–H and O–H groups in total. The van der Waals surface area contributed by atoms with E-state index in [4.69, 9.17) is 0 Å². The van der Waals surface area contributed by atoms with E-state index < -0.39 is 10.0 Å². The lowest BCUT2D eigenvalue weighted by Crippen LogP contribution is -2.38. The number of nitrogens with one attached hydrogen (secondary N) is 1. The van der Waals surface area contributed by atoms with Crippen LogP contribution in [-0.2, 0) is 10.0 Å². The molecule has 0 unspecified atom stereocenters. The van der Waals surface area contributed by atoms with Gasteiger partial charge in [-0.15, -0.1) is 0 Å². The highest BCUT2D eigenvalue weighted by Crippen LogP contribution is 2.25. The summed E-state index contributed by atoms with van der Waals surface area (Å²) in [7, 11) is -3.54. The molecular formula is C19H30N2O3S. The van der Waals surface area contributed by atoms with E-state index in [-0.39, 0.29) is 16.8 Å². The number of carbonyl (C=O) groups excluding carboxylic acids is 1. The summed E-state index contributed by atoms with van der Waals surface area (Å²) in [5.41, 5.74) is 1.23. The van der Waals surface area contributed by atoms with Crippen LogP contribution in [0.2, 0.25) is 0 Å². The van der Waals surface area contributed by atoms with E-state index in [1.165, 1.54) is 6.07 Å². The van der Waals surface area contributed by atoms with E-state index in [0.29, 0.717) is 24.6 Å². The summed E-state index contributed by atoms with van der Waals surface area (Å²) in [6.45, 7) is 9.13. The molecule has 0 bridgehead atoms. The first-order chi connectivity index (χ1) is 11.8. The summed E-state index contributed by atoms with van der Waals surface area (Å²) in [6.07, 6.45) is 3.47. The number of carbonyl (C=O) groups is 1. The molecule has 0 aliphatic carbocycles. The highest BCUT2D eigenvalue weighted by Gasteiger charge is 2.29. The molecule has 0 spiro atoms. The Kier molecular flexibility index (Phi) is 6.63. The molecule has 0 atom stereocenters. The first-order valence-corrected chi connectivity index (χ1v) is 10.6. The topological polar surface area (TPSA) is 66.5 Å². The van der Waals surface area contributed by atoms with Crippen LogP contribution in [0, 0.1) is 12.8 Å². The Hall–Kier alpha value is -1.40. The Balaban J connectivity index is 2.27. The van der Waals surface area contributed by atoms with Crippen molar-refractivity contribution in [2.75, 3.05) is 13.1 Å². The Labute approximate surface area is 151 Å². The van der Waals surface area contributed by atoms with E-state index in [1.807, 2.05) is 20.8 Å². The van der Waals surface area contributed by atoms with Crippen molar-refractivity contribution in [3.8, 4) is 0 Å². The zero-order chi connectivity index (χ0) is 18.6. The normalized spacial score (nSPS) is 17.0. The third-order valence-corrected chi connectivity index (χ3v) is 7.05. The van der Waals surface area contributed by atoms with Gasteiger partial charge in [-0.3, -0.25) is 4.79 Å². The predicted octanol–water partition coefficient (Wildman–Crippen LogP) is 3.33. The van der Waals surface area contributed by atoms with Gasteiger partial charge in [0.2, 0.25) is 10.0 Å². The third-order valence-electron chi connectivity index (χ3n) is 5.15. The fourth-order valence-corrected chi connectivity index (χ4v) is 4.63. The lowest BCUT2D eigenvalue weighted by molar-refractivity contribution is 0.0934. The summed E-state index contributed by atoms with van der Waals surface area (Å²) in [5.74, 6) is 0.362. The van der Waals surface area contributed by atoms with Crippen molar-refractivity contribution in [1.82, 2.24) is 9.62 Å². The predicted molar refractivity (Wildman–Crippen MR) is 100 cm³/mol. The van der Waals surface area contributed by atoms with E-state index in [2.05, 4.69) is 12.2 Å². The van der Waals surface area contributed by atoms with Crippen LogP contribution in [0.25, 0.3) is 0 Å². The van der Waals surface area contributed by atoms with Crippen molar-refractivity contribution in [3.05, 3.63) is 29.3 Å². The molecule has 0 radical (unpaired) electrons. The number of hydrogen-bond acceptors (Lipinski definition) is 3. The van der Waals surface area contributed by atoms with Crippen LogP contribution in [-0.4, -0.2) is 37.8 Å². The van der Waals surface area contributed by atoms with Crippen LogP contribution in [0.3, 0.4) is 0 Å². The van der Waals surface area contributed by atoms with Gasteiger partial charge < -0.3 is 5.32 Å². The number of rotatable bonds is 6. The third kappa shape index (κ3) is 4.61. The highest BCUT2D eigenvalue weighted by molar-refractivity contribution is 7.89. The fraction of sp³-hybridized carbons (Fsp3) is 0.632. The van der Waals surface area contributed by atoms with Gasteiger partial charge in [0.05, 0.1) is 4.90 Å². The van der Waals surface area contributed by atoms with Crippen molar-refractivity contribution in [2.45, 2.75) is 64.3 Å². The molecule has 1 aliphatic rings. The molecule has 0 aromatic heterocycles. The van der Waals surface area contributed by atoms with Crippen molar-refractivity contribution >= 4 is 15.9 Å². The van der Waals surface area contributed by atoms with Gasteiger partial charge in [0, 0.05) is 24.7 Å². The molecule has 1 fully saturated rings. The van der Waals surface area contributed by atoms with Gasteiger partial charge in [-0.1, -0.05) is 26.8 Å². The Morgan fingerprint density at radius 1 is 1.24 bits per heavy atom. The first-order valence-electron chi connectivity index (χ1n) is 9.21. The standard InChI is InChI=1S/C19H30N2O3S/c1-5-16(6-2)20-19(22)18-13-17(8-7-15(18)4)25(23,24)21-11-9-14(3)10-12-21/h7-8,13-14,16H,5-6,9-12H2,1-4H3,(H,20,22). The van der Waals surface area contributed by atoms with Crippen LogP contribution in [0.15, 0.2) is 23.1 Å². The lowest BCUT2D eigenvalue weighted by atomic mass is 10.0. The Bertz CT molecular complexity index is 703. The molecule has 6 heteroatoms. The van der Waals surface area contributed by atoms with Crippen LogP contribution >= 0.6 is 0 Å². The maximum absolute atomic E-state index is 12.9. The van der Waals surface area contributed by atoms with Crippen LogP contribution in [0.4, 0.5) is 0 Å². The SMILES string of the molecule is CCC(CC)NC(=O)c1cc(S(=O)(=O)N2CCC(C)CC2)ccc1C. The number of aryl methyl sites for hydroxylation is 1. The molecule has 2 rings (SSSR count). The van der Waals surface area contributed by atoms with Gasteiger partial charge in [-0.05, 0) is 56.2 Å². The van der Waals surface area contributed by atoms with E-state index in [9.17, 15) is 13.2 Å². The quantitative estimate of drug-likeness (QED) is 0.840. The number of amides is 1. The molecule has 25 heavy (non-hydrogen) atoms. The van der Waals surface area contributed by atoms with Crippen LogP contribution in [0.5, 0.6) is 0 Å². The van der Waals surface area contributed by atoms with Crippen LogP contribution < -0.4 is 5.32 Å². The maximum atomic E-state index is 12.9. The largest absolute Gasteiger partial charge is 0.349 e. The number of piperidine rings is 1. The molecule has 0 saturated carbocycles. The molecule has 5 nitrogen and oxygen atoms in total. The second kappa shape index (κ2) is 8.32. The number of benzene rings is 1. The van der Waals surface area contributed by atoms with Crippen molar-refractivity contribution in [3.63, 3.8) is 0 Å². The van der Waals surface area contributed by atoms with Gasteiger partial charge in [0.1, 0.15) is 0 Å². The molecule has 1 saturated heterocycles. The monoisotopic (exact) mass is 366 g/mol. The van der Waals surface area contributed by atoms with Gasteiger partial charge >= 0.3 is 0 Å². The lowest BCUT2D eigenvalue weighted by Gasteiger charge is -2.29.